The van der Waals surface area contributed by atoms with Crippen LogP contribution in [0.25, 0.3) is 22.9 Å². The smallest absolute Gasteiger partial charge is 0.315 e. The summed E-state index contributed by atoms with van der Waals surface area (Å²) in [6.45, 7) is 0.0432. The molecular weight excluding hydrogens is 458 g/mol. The van der Waals surface area contributed by atoms with Crippen LogP contribution in [0, 0.1) is 0 Å². The molecule has 0 unspecified atom stereocenters. The van der Waals surface area contributed by atoms with Crippen LogP contribution in [0.2, 0.25) is 0 Å². The van der Waals surface area contributed by atoms with E-state index in [9.17, 15) is 22.4 Å². The highest BCUT2D eigenvalue weighted by Crippen LogP contribution is 2.24. The van der Waals surface area contributed by atoms with Gasteiger partial charge in [0.2, 0.25) is 5.89 Å². The lowest BCUT2D eigenvalue weighted by Crippen LogP contribution is -2.31. The van der Waals surface area contributed by atoms with Crippen LogP contribution in [-0.2, 0) is 17.8 Å². The number of aromatic nitrogens is 4. The molecule has 0 radical (unpaired) electrons. The average molecular weight is 475 g/mol. The van der Waals surface area contributed by atoms with Crippen molar-refractivity contribution in [1.29, 1.82) is 0 Å². The van der Waals surface area contributed by atoms with Gasteiger partial charge in [0.05, 0.1) is 0 Å². The van der Waals surface area contributed by atoms with Gasteiger partial charge in [-0.05, 0) is 35.4 Å². The van der Waals surface area contributed by atoms with E-state index in [2.05, 4.69) is 20.3 Å². The third kappa shape index (κ3) is 5.27. The molecule has 0 aliphatic heterocycles. The summed E-state index contributed by atoms with van der Waals surface area (Å²) in [6.07, 6.45) is -5.52. The Morgan fingerprint density at radius 2 is 1.53 bits per heavy atom. The normalized spacial score (nSPS) is 11.4. The Kier molecular flexibility index (Phi) is 6.66. The molecule has 0 spiro atoms. The maximum Gasteiger partial charge on any atom is 0.315 e. The number of hydrogen-bond donors (Lipinski definition) is 0. The summed E-state index contributed by atoms with van der Waals surface area (Å²) >= 11 is 0. The second kappa shape index (κ2) is 9.81. The van der Waals surface area contributed by atoms with E-state index in [1.807, 2.05) is 0 Å². The fourth-order valence-electron chi connectivity index (χ4n) is 3.10. The first-order valence-electron chi connectivity index (χ1n) is 9.96. The first kappa shape index (κ1) is 23.1. The van der Waals surface area contributed by atoms with Gasteiger partial charge in [-0.25, -0.2) is 0 Å². The van der Waals surface area contributed by atoms with E-state index >= 15 is 0 Å². The number of benzene rings is 2. The maximum absolute atomic E-state index is 12.6. The SMILES string of the molecule is CN(Cc1ccc(-c2nc(Cc3ccc(-c4nnc(C(F)F)o4)cc3)no2)cc1)C(=O)C(F)F. The zero-order chi connectivity index (χ0) is 24.2. The molecule has 0 aliphatic carbocycles. The van der Waals surface area contributed by atoms with Crippen LogP contribution in [-0.4, -0.2) is 44.6 Å². The standard InChI is InChI=1S/C22H17F4N5O3/c1-31(22(32)18(25)26)11-13-4-8-14(9-5-13)19-27-16(30-34-19)10-12-2-6-15(7-3-12)20-28-29-21(33-20)17(23)24/h2-9,17-18H,10-11H2,1H3. The minimum absolute atomic E-state index is 0.00286. The molecule has 2 heterocycles. The van der Waals surface area contributed by atoms with E-state index in [1.54, 1.807) is 48.5 Å². The van der Waals surface area contributed by atoms with Crippen molar-refractivity contribution >= 4 is 5.91 Å². The largest absolute Gasteiger partial charge is 0.415 e. The van der Waals surface area contributed by atoms with Gasteiger partial charge in [-0.15, -0.1) is 10.2 Å². The molecule has 34 heavy (non-hydrogen) atoms. The van der Waals surface area contributed by atoms with Crippen molar-refractivity contribution in [2.45, 2.75) is 25.8 Å². The molecule has 0 bridgehead atoms. The number of amides is 1. The summed E-state index contributed by atoms with van der Waals surface area (Å²) in [4.78, 5) is 16.6. The Labute approximate surface area is 190 Å². The van der Waals surface area contributed by atoms with Crippen molar-refractivity contribution < 1.29 is 31.3 Å². The zero-order valence-corrected chi connectivity index (χ0v) is 17.7. The number of nitrogens with zero attached hydrogens (tertiary/aromatic N) is 5. The van der Waals surface area contributed by atoms with E-state index in [0.717, 1.165) is 10.5 Å². The van der Waals surface area contributed by atoms with E-state index in [4.69, 9.17) is 8.94 Å². The number of rotatable bonds is 8. The van der Waals surface area contributed by atoms with Gasteiger partial charge >= 0.3 is 12.9 Å². The molecule has 2 aromatic carbocycles. The van der Waals surface area contributed by atoms with Crippen molar-refractivity contribution in [3.05, 3.63) is 71.4 Å². The third-order valence-corrected chi connectivity index (χ3v) is 4.84. The van der Waals surface area contributed by atoms with Gasteiger partial charge in [-0.1, -0.05) is 29.4 Å². The van der Waals surface area contributed by atoms with Gasteiger partial charge in [0, 0.05) is 31.1 Å². The van der Waals surface area contributed by atoms with Crippen molar-refractivity contribution in [2.75, 3.05) is 7.05 Å². The molecule has 4 rings (SSSR count). The van der Waals surface area contributed by atoms with Gasteiger partial charge in [-0.2, -0.15) is 22.5 Å². The summed E-state index contributed by atoms with van der Waals surface area (Å²) in [5.74, 6) is -1.28. The average Bonchev–Trinajstić information content (AvgIpc) is 3.50. The quantitative estimate of drug-likeness (QED) is 0.345. The predicted octanol–water partition coefficient (Wildman–Crippen LogP) is 4.54. The molecule has 4 aromatic rings. The number of alkyl halides is 4. The summed E-state index contributed by atoms with van der Waals surface area (Å²) in [7, 11) is 1.31. The van der Waals surface area contributed by atoms with Crippen molar-refractivity contribution in [3.8, 4) is 22.9 Å². The molecule has 0 N–H and O–H groups in total. The topological polar surface area (TPSA) is 98.2 Å². The number of carbonyl (C=O) groups excluding carboxylic acids is 1. The van der Waals surface area contributed by atoms with Crippen LogP contribution in [0.15, 0.2) is 57.5 Å². The molecule has 12 heteroatoms. The lowest BCUT2D eigenvalue weighted by Gasteiger charge is -2.16. The highest BCUT2D eigenvalue weighted by Gasteiger charge is 2.20. The summed E-state index contributed by atoms with van der Waals surface area (Å²) in [6, 6.07) is 13.6. The maximum atomic E-state index is 12.6. The fraction of sp³-hybridized carbons (Fsp3) is 0.227. The summed E-state index contributed by atoms with van der Waals surface area (Å²) < 4.78 is 60.4. The van der Waals surface area contributed by atoms with Gasteiger partial charge in [0.25, 0.3) is 17.7 Å². The van der Waals surface area contributed by atoms with Crippen LogP contribution in [0.5, 0.6) is 0 Å². The predicted molar refractivity (Wildman–Crippen MR) is 110 cm³/mol. The summed E-state index contributed by atoms with van der Waals surface area (Å²) in [5.41, 5.74) is 2.64. The Morgan fingerprint density at radius 3 is 2.12 bits per heavy atom. The lowest BCUT2D eigenvalue weighted by molar-refractivity contribution is -0.141. The van der Waals surface area contributed by atoms with Gasteiger partial charge in [0.1, 0.15) is 0 Å². The second-order valence-corrected chi connectivity index (χ2v) is 7.33. The molecule has 0 atom stereocenters. The van der Waals surface area contributed by atoms with E-state index in [0.29, 0.717) is 28.9 Å². The van der Waals surface area contributed by atoms with Crippen LogP contribution in [0.4, 0.5) is 17.6 Å². The fourth-order valence-corrected chi connectivity index (χ4v) is 3.10. The molecule has 1 amide bonds. The zero-order valence-electron chi connectivity index (χ0n) is 17.7. The molecule has 0 saturated heterocycles. The van der Waals surface area contributed by atoms with E-state index in [1.165, 1.54) is 7.05 Å². The van der Waals surface area contributed by atoms with Crippen LogP contribution >= 0.6 is 0 Å². The lowest BCUT2D eigenvalue weighted by atomic mass is 10.1. The highest BCUT2D eigenvalue weighted by molar-refractivity contribution is 5.79. The molecule has 8 nitrogen and oxygen atoms in total. The highest BCUT2D eigenvalue weighted by atomic mass is 19.3. The monoisotopic (exact) mass is 475 g/mol. The van der Waals surface area contributed by atoms with Gasteiger partial charge in [-0.3, -0.25) is 4.79 Å². The Morgan fingerprint density at radius 1 is 0.912 bits per heavy atom. The number of carbonyl (C=O) groups is 1. The van der Waals surface area contributed by atoms with Gasteiger partial charge < -0.3 is 13.8 Å². The molecular formula is C22H17F4N5O3. The summed E-state index contributed by atoms with van der Waals surface area (Å²) in [5, 5.41) is 10.9. The van der Waals surface area contributed by atoms with Crippen molar-refractivity contribution in [1.82, 2.24) is 25.2 Å². The first-order valence-corrected chi connectivity index (χ1v) is 9.96. The van der Waals surface area contributed by atoms with Crippen molar-refractivity contribution in [2.24, 2.45) is 0 Å². The van der Waals surface area contributed by atoms with Crippen LogP contribution in [0.1, 0.15) is 29.3 Å². The third-order valence-electron chi connectivity index (χ3n) is 4.84. The molecule has 0 saturated carbocycles. The molecule has 0 fully saturated rings. The molecule has 0 aliphatic rings. The van der Waals surface area contributed by atoms with Crippen molar-refractivity contribution in [3.63, 3.8) is 0 Å². The van der Waals surface area contributed by atoms with Crippen LogP contribution in [0.3, 0.4) is 0 Å². The van der Waals surface area contributed by atoms with Gasteiger partial charge in [0.15, 0.2) is 5.82 Å². The minimum atomic E-state index is -3.05. The Bertz CT molecular complexity index is 1260. The Hall–Kier alpha value is -4.09. The Balaban J connectivity index is 1.39. The van der Waals surface area contributed by atoms with Crippen LogP contribution < -0.4 is 0 Å². The molecule has 2 aromatic heterocycles. The number of hydrogen-bond acceptors (Lipinski definition) is 7. The molecule has 176 valence electrons. The minimum Gasteiger partial charge on any atom is -0.415 e. The first-order chi connectivity index (χ1) is 16.3. The number of halogens is 4. The second-order valence-electron chi connectivity index (χ2n) is 7.33. The van der Waals surface area contributed by atoms with E-state index < -0.39 is 24.6 Å². The van der Waals surface area contributed by atoms with E-state index in [-0.39, 0.29) is 18.3 Å².